The number of hydrogen-bond donors (Lipinski definition) is 2. The van der Waals surface area contributed by atoms with Gasteiger partial charge < -0.3 is 29.4 Å². The zero-order chi connectivity index (χ0) is 17.3. The number of fused-ring (bicyclic) bond motifs is 1. The Hall–Kier alpha value is -1.67. The summed E-state index contributed by atoms with van der Waals surface area (Å²) in [6.07, 6.45) is -2.92. The van der Waals surface area contributed by atoms with Gasteiger partial charge in [-0.1, -0.05) is 18.2 Å². The molecule has 0 spiro atoms. The van der Waals surface area contributed by atoms with E-state index in [4.69, 9.17) is 18.9 Å². The van der Waals surface area contributed by atoms with Gasteiger partial charge in [-0.3, -0.25) is 4.79 Å². The molecule has 0 aromatic heterocycles. The van der Waals surface area contributed by atoms with Crippen molar-refractivity contribution < 1.29 is 28.8 Å². The van der Waals surface area contributed by atoms with E-state index in [1.807, 2.05) is 18.2 Å². The van der Waals surface area contributed by atoms with E-state index in [9.17, 15) is 9.90 Å². The number of hydrogen-bond acceptors (Lipinski definition) is 6. The molecule has 2 aliphatic heterocycles. The van der Waals surface area contributed by atoms with Crippen LogP contribution in [-0.2, 0) is 19.0 Å². The first kappa shape index (κ1) is 17.2. The molecule has 0 aliphatic carbocycles. The van der Waals surface area contributed by atoms with Crippen LogP contribution in [0.1, 0.15) is 20.8 Å². The van der Waals surface area contributed by atoms with Crippen LogP contribution in [-0.4, -0.2) is 54.1 Å². The van der Waals surface area contributed by atoms with Crippen LogP contribution in [0, 0.1) is 0 Å². The molecule has 0 saturated carbocycles. The Labute approximate surface area is 140 Å². The monoisotopic (exact) mass is 337 g/mol. The standard InChI is InChI=1S/C17H23NO6/c1-10(19)18-13-14(20)15-12(9-21-17(2,3)24-15)23-16(13)22-11-7-5-4-6-8-11/h4-8,12-16,20H,9H2,1-3H3,(H,18,19)/t12-,13-,14-,15+,16+/m1/s1. The SMILES string of the molecule is CC(=O)N[C@H]1[C@@H](Oc2ccccc2)O[C@@H]2COC(C)(C)O[C@@H]2[C@@H]1O. The lowest BCUT2D eigenvalue weighted by molar-refractivity contribution is -0.361. The summed E-state index contributed by atoms with van der Waals surface area (Å²) >= 11 is 0. The van der Waals surface area contributed by atoms with E-state index in [-0.39, 0.29) is 12.5 Å². The number of rotatable bonds is 3. The predicted molar refractivity (Wildman–Crippen MR) is 84.2 cm³/mol. The van der Waals surface area contributed by atoms with Gasteiger partial charge in [-0.05, 0) is 26.0 Å². The molecule has 1 aromatic rings. The largest absolute Gasteiger partial charge is 0.463 e. The van der Waals surface area contributed by atoms with Gasteiger partial charge in [0, 0.05) is 6.92 Å². The summed E-state index contributed by atoms with van der Waals surface area (Å²) in [5, 5.41) is 13.4. The lowest BCUT2D eigenvalue weighted by Gasteiger charge is -2.49. The molecule has 2 saturated heterocycles. The van der Waals surface area contributed by atoms with Crippen molar-refractivity contribution in [2.45, 2.75) is 57.2 Å². The molecular weight excluding hydrogens is 314 g/mol. The second kappa shape index (κ2) is 6.68. The molecule has 2 N–H and O–H groups in total. The number of benzene rings is 1. The minimum atomic E-state index is -0.982. The van der Waals surface area contributed by atoms with Crippen molar-refractivity contribution >= 4 is 5.91 Å². The van der Waals surface area contributed by atoms with Crippen molar-refractivity contribution in [3.8, 4) is 5.75 Å². The van der Waals surface area contributed by atoms with E-state index < -0.39 is 36.4 Å². The first-order valence-electron chi connectivity index (χ1n) is 8.00. The summed E-state index contributed by atoms with van der Waals surface area (Å²) in [6.45, 7) is 5.20. The van der Waals surface area contributed by atoms with E-state index in [1.54, 1.807) is 26.0 Å². The number of amides is 1. The Balaban J connectivity index is 1.81. The molecule has 0 unspecified atom stereocenters. The summed E-state index contributed by atoms with van der Waals surface area (Å²) in [5.74, 6) is -0.519. The fourth-order valence-corrected chi connectivity index (χ4v) is 2.97. The van der Waals surface area contributed by atoms with Gasteiger partial charge in [0.15, 0.2) is 5.79 Å². The van der Waals surface area contributed by atoms with E-state index in [2.05, 4.69) is 5.32 Å². The smallest absolute Gasteiger partial charge is 0.223 e. The Bertz CT molecular complexity index is 578. The second-order valence-corrected chi connectivity index (χ2v) is 6.48. The third-order valence-electron chi connectivity index (χ3n) is 4.05. The first-order chi connectivity index (χ1) is 11.4. The van der Waals surface area contributed by atoms with Gasteiger partial charge in [-0.15, -0.1) is 0 Å². The Morgan fingerprint density at radius 2 is 2.04 bits per heavy atom. The van der Waals surface area contributed by atoms with Crippen molar-refractivity contribution in [1.29, 1.82) is 0 Å². The van der Waals surface area contributed by atoms with E-state index >= 15 is 0 Å². The number of aliphatic hydroxyl groups excluding tert-OH is 1. The van der Waals surface area contributed by atoms with Crippen LogP contribution in [0.3, 0.4) is 0 Å². The summed E-state index contributed by atoms with van der Waals surface area (Å²) < 4.78 is 23.1. The van der Waals surface area contributed by atoms with Gasteiger partial charge in [0.1, 0.15) is 30.1 Å². The fourth-order valence-electron chi connectivity index (χ4n) is 2.97. The van der Waals surface area contributed by atoms with Gasteiger partial charge in [0.25, 0.3) is 0 Å². The van der Waals surface area contributed by atoms with Crippen LogP contribution in [0.25, 0.3) is 0 Å². The summed E-state index contributed by atoms with van der Waals surface area (Å²) in [7, 11) is 0. The Morgan fingerprint density at radius 3 is 2.71 bits per heavy atom. The average molecular weight is 337 g/mol. The summed E-state index contributed by atoms with van der Waals surface area (Å²) in [5.41, 5.74) is 0. The van der Waals surface area contributed by atoms with Crippen LogP contribution in [0.5, 0.6) is 5.75 Å². The van der Waals surface area contributed by atoms with Gasteiger partial charge in [-0.25, -0.2) is 0 Å². The lowest BCUT2D eigenvalue weighted by atomic mass is 9.95. The van der Waals surface area contributed by atoms with Crippen LogP contribution in [0.15, 0.2) is 30.3 Å². The molecule has 1 amide bonds. The third kappa shape index (κ3) is 3.70. The molecule has 2 aliphatic rings. The van der Waals surface area contributed by atoms with Crippen LogP contribution >= 0.6 is 0 Å². The highest BCUT2D eigenvalue weighted by Gasteiger charge is 2.52. The Morgan fingerprint density at radius 1 is 1.33 bits per heavy atom. The van der Waals surface area contributed by atoms with Gasteiger partial charge in [-0.2, -0.15) is 0 Å². The normalized spacial score (nSPS) is 34.9. The minimum Gasteiger partial charge on any atom is -0.463 e. The van der Waals surface area contributed by atoms with Crippen molar-refractivity contribution in [2.24, 2.45) is 0 Å². The molecule has 7 nitrogen and oxygen atoms in total. The molecule has 2 fully saturated rings. The molecule has 132 valence electrons. The highest BCUT2D eigenvalue weighted by Crippen LogP contribution is 2.33. The second-order valence-electron chi connectivity index (χ2n) is 6.48. The lowest BCUT2D eigenvalue weighted by Crippen LogP contribution is -2.69. The van der Waals surface area contributed by atoms with Crippen LogP contribution < -0.4 is 10.1 Å². The van der Waals surface area contributed by atoms with E-state index in [0.29, 0.717) is 5.75 Å². The molecule has 5 atom stereocenters. The van der Waals surface area contributed by atoms with E-state index in [1.165, 1.54) is 6.92 Å². The first-order valence-corrected chi connectivity index (χ1v) is 8.00. The maximum absolute atomic E-state index is 11.5. The maximum Gasteiger partial charge on any atom is 0.223 e. The zero-order valence-corrected chi connectivity index (χ0v) is 14.0. The van der Waals surface area contributed by atoms with Crippen LogP contribution in [0.2, 0.25) is 0 Å². The van der Waals surface area contributed by atoms with Crippen molar-refractivity contribution in [2.75, 3.05) is 6.61 Å². The van der Waals surface area contributed by atoms with Gasteiger partial charge in [0.05, 0.1) is 6.61 Å². The topological polar surface area (TPSA) is 86.3 Å². The van der Waals surface area contributed by atoms with Gasteiger partial charge in [0.2, 0.25) is 12.2 Å². The van der Waals surface area contributed by atoms with E-state index in [0.717, 1.165) is 0 Å². The summed E-state index contributed by atoms with van der Waals surface area (Å²) in [6, 6.07) is 8.35. The number of carbonyl (C=O) groups excluding carboxylic acids is 1. The summed E-state index contributed by atoms with van der Waals surface area (Å²) in [4.78, 5) is 11.5. The molecule has 1 aromatic carbocycles. The molecule has 2 heterocycles. The van der Waals surface area contributed by atoms with Crippen molar-refractivity contribution in [1.82, 2.24) is 5.32 Å². The predicted octanol–water partition coefficient (Wildman–Crippen LogP) is 0.807. The van der Waals surface area contributed by atoms with Gasteiger partial charge >= 0.3 is 0 Å². The number of ether oxygens (including phenoxy) is 4. The molecule has 24 heavy (non-hydrogen) atoms. The average Bonchev–Trinajstić information content (AvgIpc) is 2.52. The fraction of sp³-hybridized carbons (Fsp3) is 0.588. The zero-order valence-electron chi connectivity index (χ0n) is 14.0. The number of aliphatic hydroxyl groups is 1. The maximum atomic E-state index is 11.5. The molecule has 0 radical (unpaired) electrons. The molecule has 0 bridgehead atoms. The number of para-hydroxylation sites is 1. The van der Waals surface area contributed by atoms with Crippen LogP contribution in [0.4, 0.5) is 0 Å². The van der Waals surface area contributed by atoms with Crippen molar-refractivity contribution in [3.05, 3.63) is 30.3 Å². The van der Waals surface area contributed by atoms with Crippen molar-refractivity contribution in [3.63, 3.8) is 0 Å². The highest BCUT2D eigenvalue weighted by molar-refractivity contribution is 5.73. The quantitative estimate of drug-likeness (QED) is 0.849. The molecule has 7 heteroatoms. The number of carbonyl (C=O) groups is 1. The highest BCUT2D eigenvalue weighted by atomic mass is 16.8. The molecular formula is C17H23NO6. The minimum absolute atomic E-state index is 0.274. The molecule has 3 rings (SSSR count). The number of nitrogens with one attached hydrogen (secondary N) is 1. The third-order valence-corrected chi connectivity index (χ3v) is 4.05. The Kier molecular flexibility index (Phi) is 4.78.